The van der Waals surface area contributed by atoms with Crippen LogP contribution in [0.2, 0.25) is 0 Å². The van der Waals surface area contributed by atoms with Gasteiger partial charge < -0.3 is 10.6 Å². The van der Waals surface area contributed by atoms with Gasteiger partial charge in [-0.1, -0.05) is 30.4 Å². The number of nitrogens with one attached hydrogen (secondary N) is 2. The van der Waals surface area contributed by atoms with Crippen molar-refractivity contribution in [1.29, 1.82) is 0 Å². The molecule has 4 amide bonds. The van der Waals surface area contributed by atoms with Crippen LogP contribution >= 0.6 is 0 Å². The molecule has 1 aliphatic heterocycles. The van der Waals surface area contributed by atoms with Crippen molar-refractivity contribution < 1.29 is 14.4 Å². The minimum atomic E-state index is -0.681. The van der Waals surface area contributed by atoms with E-state index >= 15 is 0 Å². The fourth-order valence-corrected chi connectivity index (χ4v) is 4.89. The van der Waals surface area contributed by atoms with Gasteiger partial charge in [0, 0.05) is 5.69 Å². The van der Waals surface area contributed by atoms with Crippen molar-refractivity contribution in [2.45, 2.75) is 39.8 Å². The monoisotopic (exact) mass is 367 g/mol. The molecule has 5 atom stereocenters. The number of fused-ring (bicyclic) bond motifs is 1. The molecular formula is C21H25N3O3. The smallest absolute Gasteiger partial charge is 0.317 e. The summed E-state index contributed by atoms with van der Waals surface area (Å²) in [5.74, 6) is -0.513. The fraction of sp³-hybridized carbons (Fsp3) is 0.476. The van der Waals surface area contributed by atoms with Crippen LogP contribution in [0.1, 0.15) is 30.9 Å². The Morgan fingerprint density at radius 3 is 2.04 bits per heavy atom. The van der Waals surface area contributed by atoms with Crippen molar-refractivity contribution in [2.75, 3.05) is 5.32 Å². The number of carbonyl (C=O) groups excluding carboxylic acids is 3. The highest BCUT2D eigenvalue weighted by molar-refractivity contribution is 6.06. The van der Waals surface area contributed by atoms with E-state index in [4.69, 9.17) is 0 Å². The van der Waals surface area contributed by atoms with E-state index in [1.54, 1.807) is 6.92 Å². The van der Waals surface area contributed by atoms with Crippen molar-refractivity contribution in [3.63, 3.8) is 0 Å². The fourth-order valence-electron chi connectivity index (χ4n) is 4.89. The first kappa shape index (κ1) is 17.8. The van der Waals surface area contributed by atoms with Crippen LogP contribution in [0, 0.1) is 37.5 Å². The number of aryl methyl sites for hydroxylation is 2. The molecular weight excluding hydrogens is 342 g/mol. The minimum absolute atomic E-state index is 0.149. The summed E-state index contributed by atoms with van der Waals surface area (Å²) in [6.07, 6.45) is 5.43. The van der Waals surface area contributed by atoms with E-state index in [-0.39, 0.29) is 35.5 Å². The first-order valence-corrected chi connectivity index (χ1v) is 9.57. The second kappa shape index (κ2) is 6.51. The predicted octanol–water partition coefficient (Wildman–Crippen LogP) is 2.97. The van der Waals surface area contributed by atoms with Gasteiger partial charge in [0.1, 0.15) is 6.17 Å². The molecule has 1 heterocycles. The van der Waals surface area contributed by atoms with Gasteiger partial charge in [0.05, 0.1) is 11.8 Å². The van der Waals surface area contributed by atoms with E-state index in [1.807, 2.05) is 32.0 Å². The highest BCUT2D eigenvalue weighted by Crippen LogP contribution is 2.49. The molecule has 3 aliphatic carbocycles. The number of carbonyl (C=O) groups is 3. The van der Waals surface area contributed by atoms with Crippen LogP contribution in [0.3, 0.4) is 0 Å². The molecule has 1 saturated carbocycles. The van der Waals surface area contributed by atoms with Crippen LogP contribution in [-0.4, -0.2) is 28.9 Å². The molecule has 0 unspecified atom stereocenters. The predicted molar refractivity (Wildman–Crippen MR) is 102 cm³/mol. The van der Waals surface area contributed by atoms with Gasteiger partial charge in [-0.05, 0) is 56.6 Å². The third kappa shape index (κ3) is 2.83. The van der Waals surface area contributed by atoms with Crippen LogP contribution in [0.4, 0.5) is 10.5 Å². The normalized spacial score (nSPS) is 29.7. The van der Waals surface area contributed by atoms with Gasteiger partial charge >= 0.3 is 6.03 Å². The number of rotatable bonds is 3. The average molecular weight is 367 g/mol. The van der Waals surface area contributed by atoms with Gasteiger partial charge in [-0.2, -0.15) is 0 Å². The van der Waals surface area contributed by atoms with Crippen LogP contribution in [-0.2, 0) is 9.59 Å². The Balaban J connectivity index is 1.47. The maximum Gasteiger partial charge on any atom is 0.320 e. The van der Waals surface area contributed by atoms with Crippen molar-refractivity contribution in [3.8, 4) is 0 Å². The van der Waals surface area contributed by atoms with E-state index in [9.17, 15) is 14.4 Å². The lowest BCUT2D eigenvalue weighted by molar-refractivity contribution is -0.142. The molecule has 1 saturated heterocycles. The van der Waals surface area contributed by atoms with Crippen LogP contribution in [0.15, 0.2) is 30.4 Å². The molecule has 4 aliphatic rings. The number of imide groups is 1. The molecule has 5 rings (SSSR count). The summed E-state index contributed by atoms with van der Waals surface area (Å²) in [5.41, 5.74) is 2.66. The van der Waals surface area contributed by atoms with Gasteiger partial charge in [-0.25, -0.2) is 4.79 Å². The number of nitrogens with zero attached hydrogens (tertiary/aromatic N) is 1. The Morgan fingerprint density at radius 2 is 1.56 bits per heavy atom. The Kier molecular flexibility index (Phi) is 4.29. The number of anilines is 1. The zero-order chi connectivity index (χ0) is 19.3. The highest BCUT2D eigenvalue weighted by Gasteiger charge is 2.57. The van der Waals surface area contributed by atoms with Gasteiger partial charge in [0.15, 0.2) is 0 Å². The van der Waals surface area contributed by atoms with Crippen molar-refractivity contribution in [3.05, 3.63) is 41.5 Å². The van der Waals surface area contributed by atoms with E-state index in [2.05, 4.69) is 22.8 Å². The summed E-state index contributed by atoms with van der Waals surface area (Å²) in [4.78, 5) is 39.6. The van der Waals surface area contributed by atoms with Gasteiger partial charge in [-0.15, -0.1) is 0 Å². The Morgan fingerprint density at radius 1 is 1.04 bits per heavy atom. The molecule has 1 aromatic rings. The molecule has 6 nitrogen and oxygen atoms in total. The first-order chi connectivity index (χ1) is 12.9. The van der Waals surface area contributed by atoms with Crippen molar-refractivity contribution >= 4 is 23.5 Å². The molecule has 142 valence electrons. The number of para-hydroxylation sites is 1. The van der Waals surface area contributed by atoms with Crippen LogP contribution in [0.25, 0.3) is 0 Å². The molecule has 2 fully saturated rings. The third-order valence-electron chi connectivity index (χ3n) is 6.24. The van der Waals surface area contributed by atoms with Gasteiger partial charge in [0.25, 0.3) is 0 Å². The number of likely N-dealkylation sites (tertiary alicyclic amines) is 1. The highest BCUT2D eigenvalue weighted by atomic mass is 16.2. The summed E-state index contributed by atoms with van der Waals surface area (Å²) in [6, 6.07) is 5.36. The van der Waals surface area contributed by atoms with E-state index in [1.165, 1.54) is 4.90 Å². The molecule has 2 N–H and O–H groups in total. The number of benzene rings is 1. The second-order valence-electron chi connectivity index (χ2n) is 7.93. The van der Waals surface area contributed by atoms with E-state index < -0.39 is 12.2 Å². The SMILES string of the molecule is Cc1cccc(C)c1NC(=O)N[C@H](C)N1C(=O)[C@H]2[C@H](C1=O)[C@H]1C=C[C@H]2CC1. The maximum atomic E-state index is 12.9. The summed E-state index contributed by atoms with van der Waals surface area (Å²) in [5, 5.41) is 5.60. The Hall–Kier alpha value is -2.63. The minimum Gasteiger partial charge on any atom is -0.317 e. The standard InChI is InChI=1S/C21H25N3O3/c1-11-5-4-6-12(2)18(11)23-21(27)22-13(3)24-19(25)16-14-7-8-15(10-9-14)17(16)20(24)26/h4-8,13-17H,9-10H2,1-3H3,(H2,22,23,27)/t13-,14-,15-,16+,17+/m0/s1. The quantitative estimate of drug-likeness (QED) is 0.637. The number of amides is 4. The Bertz CT molecular complexity index is 795. The van der Waals surface area contributed by atoms with E-state index in [0.717, 1.165) is 29.7 Å². The molecule has 0 aromatic heterocycles. The molecule has 2 bridgehead atoms. The van der Waals surface area contributed by atoms with Crippen molar-refractivity contribution in [2.24, 2.45) is 23.7 Å². The average Bonchev–Trinajstić information content (AvgIpc) is 2.92. The molecule has 1 aromatic carbocycles. The molecule has 0 radical (unpaired) electrons. The van der Waals surface area contributed by atoms with Gasteiger partial charge in [-0.3, -0.25) is 14.5 Å². The van der Waals surface area contributed by atoms with Crippen LogP contribution in [0.5, 0.6) is 0 Å². The van der Waals surface area contributed by atoms with Gasteiger partial charge in [0.2, 0.25) is 11.8 Å². The Labute approximate surface area is 159 Å². The summed E-state index contributed by atoms with van der Waals surface area (Å²) in [6.45, 7) is 5.53. The van der Waals surface area contributed by atoms with Crippen LogP contribution < -0.4 is 10.6 Å². The zero-order valence-corrected chi connectivity index (χ0v) is 15.9. The zero-order valence-electron chi connectivity index (χ0n) is 15.9. The van der Waals surface area contributed by atoms with E-state index in [0.29, 0.717) is 0 Å². The first-order valence-electron chi connectivity index (χ1n) is 9.57. The van der Waals surface area contributed by atoms with Crippen molar-refractivity contribution in [1.82, 2.24) is 10.2 Å². The third-order valence-corrected chi connectivity index (χ3v) is 6.24. The second-order valence-corrected chi connectivity index (χ2v) is 7.93. The number of hydrogen-bond acceptors (Lipinski definition) is 3. The lowest BCUT2D eigenvalue weighted by atomic mass is 9.63. The number of allylic oxidation sites excluding steroid dienone is 2. The lowest BCUT2D eigenvalue weighted by Gasteiger charge is -2.38. The maximum absolute atomic E-state index is 12.9. The summed E-state index contributed by atoms with van der Waals surface area (Å²) < 4.78 is 0. The summed E-state index contributed by atoms with van der Waals surface area (Å²) in [7, 11) is 0. The topological polar surface area (TPSA) is 78.5 Å². The molecule has 0 spiro atoms. The largest absolute Gasteiger partial charge is 0.320 e. The lowest BCUT2D eigenvalue weighted by Crippen LogP contribution is -2.50. The summed E-state index contributed by atoms with van der Waals surface area (Å²) >= 11 is 0. The molecule has 27 heavy (non-hydrogen) atoms. The number of urea groups is 1. The molecule has 6 heteroatoms. The number of hydrogen-bond donors (Lipinski definition) is 2.